The van der Waals surface area contributed by atoms with Crippen molar-refractivity contribution in [3.8, 4) is 0 Å². The van der Waals surface area contributed by atoms with Gasteiger partial charge in [0.15, 0.2) is 5.96 Å². The van der Waals surface area contributed by atoms with E-state index in [1.54, 1.807) is 0 Å². The molecule has 0 bridgehead atoms. The second-order valence-electron chi connectivity index (χ2n) is 8.23. The number of aliphatic imine (C=N–C) groups is 1. The Balaban J connectivity index is 1.53. The van der Waals surface area contributed by atoms with Gasteiger partial charge in [-0.3, -0.25) is 9.89 Å². The third-order valence-corrected chi connectivity index (χ3v) is 7.39. The molecule has 1 aromatic rings. The van der Waals surface area contributed by atoms with Crippen molar-refractivity contribution in [2.75, 3.05) is 46.4 Å². The molecule has 0 amide bonds. The van der Waals surface area contributed by atoms with Crippen LogP contribution in [0.2, 0.25) is 0 Å². The number of ether oxygens (including phenoxy) is 1. The number of nitrogens with zero attached hydrogens (tertiary/aromatic N) is 2. The summed E-state index contributed by atoms with van der Waals surface area (Å²) in [6.07, 6.45) is 9.07. The molecule has 1 aromatic heterocycles. The van der Waals surface area contributed by atoms with Crippen molar-refractivity contribution in [2.24, 2.45) is 10.4 Å². The molecule has 28 heavy (non-hydrogen) atoms. The van der Waals surface area contributed by atoms with E-state index in [4.69, 9.17) is 4.74 Å². The maximum absolute atomic E-state index is 5.65. The third-order valence-electron chi connectivity index (χ3n) is 6.42. The molecule has 0 spiro atoms. The first-order valence-corrected chi connectivity index (χ1v) is 11.9. The van der Waals surface area contributed by atoms with E-state index in [2.05, 4.69) is 45.0 Å². The van der Waals surface area contributed by atoms with Gasteiger partial charge < -0.3 is 15.4 Å². The van der Waals surface area contributed by atoms with Gasteiger partial charge in [0.05, 0.1) is 6.04 Å². The average molecular weight is 407 g/mol. The Labute approximate surface area is 174 Å². The molecule has 158 valence electrons. The molecule has 2 N–H and O–H groups in total. The minimum absolute atomic E-state index is 0.370. The molecule has 1 saturated heterocycles. The first-order valence-electron chi connectivity index (χ1n) is 11.1. The van der Waals surface area contributed by atoms with Gasteiger partial charge in [0.25, 0.3) is 0 Å². The van der Waals surface area contributed by atoms with Crippen molar-refractivity contribution >= 4 is 17.3 Å². The lowest BCUT2D eigenvalue weighted by molar-refractivity contribution is 0.105. The van der Waals surface area contributed by atoms with Crippen molar-refractivity contribution in [1.82, 2.24) is 15.5 Å². The van der Waals surface area contributed by atoms with Crippen LogP contribution in [0.4, 0.5) is 0 Å². The molecule has 2 aliphatic rings. The van der Waals surface area contributed by atoms with Crippen molar-refractivity contribution in [3.05, 3.63) is 22.4 Å². The van der Waals surface area contributed by atoms with Crippen LogP contribution in [-0.2, 0) is 4.74 Å². The molecule has 6 heteroatoms. The summed E-state index contributed by atoms with van der Waals surface area (Å²) in [6.45, 7) is 8.08. The highest BCUT2D eigenvalue weighted by Crippen LogP contribution is 2.40. The number of guanidine groups is 1. The highest BCUT2D eigenvalue weighted by Gasteiger charge is 2.33. The summed E-state index contributed by atoms with van der Waals surface area (Å²) in [5, 5.41) is 9.44. The lowest BCUT2D eigenvalue weighted by atomic mass is 9.83. The second kappa shape index (κ2) is 11.2. The van der Waals surface area contributed by atoms with Crippen LogP contribution in [0.3, 0.4) is 0 Å². The van der Waals surface area contributed by atoms with E-state index in [9.17, 15) is 0 Å². The molecule has 0 aromatic carbocycles. The Morgan fingerprint density at radius 3 is 2.68 bits per heavy atom. The van der Waals surface area contributed by atoms with Gasteiger partial charge in [-0.05, 0) is 69.0 Å². The molecule has 1 aliphatic carbocycles. The molecule has 0 radical (unpaired) electrons. The average Bonchev–Trinajstić information content (AvgIpc) is 3.48. The lowest BCUT2D eigenvalue weighted by Crippen LogP contribution is -2.46. The molecule has 1 unspecified atom stereocenters. The van der Waals surface area contributed by atoms with Crippen molar-refractivity contribution in [1.29, 1.82) is 0 Å². The molecule has 1 saturated carbocycles. The maximum Gasteiger partial charge on any atom is 0.191 e. The third kappa shape index (κ3) is 5.94. The quantitative estimate of drug-likeness (QED) is 0.350. The second-order valence-corrected chi connectivity index (χ2v) is 9.21. The van der Waals surface area contributed by atoms with E-state index in [-0.39, 0.29) is 0 Å². The van der Waals surface area contributed by atoms with Crippen molar-refractivity contribution in [3.63, 3.8) is 0 Å². The van der Waals surface area contributed by atoms with Crippen LogP contribution in [0.1, 0.15) is 62.8 Å². The lowest BCUT2D eigenvalue weighted by Gasteiger charge is -2.31. The van der Waals surface area contributed by atoms with Gasteiger partial charge in [-0.25, -0.2) is 0 Å². The van der Waals surface area contributed by atoms with Crippen molar-refractivity contribution < 1.29 is 4.74 Å². The fourth-order valence-electron chi connectivity index (χ4n) is 4.70. The topological polar surface area (TPSA) is 48.9 Å². The van der Waals surface area contributed by atoms with Gasteiger partial charge in [-0.2, -0.15) is 0 Å². The Hall–Kier alpha value is -1.11. The Morgan fingerprint density at radius 1 is 1.25 bits per heavy atom. The van der Waals surface area contributed by atoms with Gasteiger partial charge >= 0.3 is 0 Å². The molecule has 1 aliphatic heterocycles. The summed E-state index contributed by atoms with van der Waals surface area (Å²) in [5.41, 5.74) is 0.370. The number of rotatable bonds is 10. The minimum Gasteiger partial charge on any atom is -0.382 e. The molecular formula is C22H38N4OS. The molecule has 2 fully saturated rings. The highest BCUT2D eigenvalue weighted by atomic mass is 32.1. The normalized spacial score (nSPS) is 21.1. The number of hydrogen-bond acceptors (Lipinski definition) is 4. The zero-order valence-corrected chi connectivity index (χ0v) is 18.5. The summed E-state index contributed by atoms with van der Waals surface area (Å²) < 4.78 is 5.65. The summed E-state index contributed by atoms with van der Waals surface area (Å²) in [5.74, 6) is 0.934. The van der Waals surface area contributed by atoms with E-state index >= 15 is 0 Å². The standard InChI is InChI=1S/C22H38N4OS/c1-3-27-15-12-22(10-4-5-11-22)18-25-21(23-2)24-17-19(20-9-8-16-28-20)26-13-6-7-14-26/h8-9,16,19H,3-7,10-15,17-18H2,1-2H3,(H2,23,24,25). The molecular weight excluding hydrogens is 368 g/mol. The summed E-state index contributed by atoms with van der Waals surface area (Å²) in [6, 6.07) is 4.88. The predicted octanol–water partition coefficient (Wildman–Crippen LogP) is 4.04. The van der Waals surface area contributed by atoms with Crippen LogP contribution in [0, 0.1) is 5.41 Å². The van der Waals surface area contributed by atoms with Crippen LogP contribution in [-0.4, -0.2) is 57.3 Å². The fourth-order valence-corrected chi connectivity index (χ4v) is 5.56. The number of nitrogens with one attached hydrogen (secondary N) is 2. The van der Waals surface area contributed by atoms with Gasteiger partial charge in [-0.15, -0.1) is 11.3 Å². The van der Waals surface area contributed by atoms with Gasteiger partial charge in [0.2, 0.25) is 0 Å². The largest absolute Gasteiger partial charge is 0.382 e. The van der Waals surface area contributed by atoms with Crippen LogP contribution >= 0.6 is 11.3 Å². The Kier molecular flexibility index (Phi) is 8.62. The van der Waals surface area contributed by atoms with Crippen molar-refractivity contribution in [2.45, 2.75) is 57.9 Å². The van der Waals surface area contributed by atoms with Gasteiger partial charge in [0, 0.05) is 38.2 Å². The van der Waals surface area contributed by atoms with Crippen LogP contribution in [0.15, 0.2) is 22.5 Å². The molecule has 5 nitrogen and oxygen atoms in total. The zero-order chi connectivity index (χ0) is 19.7. The maximum atomic E-state index is 5.65. The number of likely N-dealkylation sites (tertiary alicyclic amines) is 1. The zero-order valence-electron chi connectivity index (χ0n) is 17.7. The Morgan fingerprint density at radius 2 is 2.04 bits per heavy atom. The molecule has 3 rings (SSSR count). The summed E-state index contributed by atoms with van der Waals surface area (Å²) in [4.78, 5) is 8.57. The molecule has 2 heterocycles. The van der Waals surface area contributed by atoms with E-state index in [1.165, 1.54) is 56.5 Å². The van der Waals surface area contributed by atoms with E-state index in [1.807, 2.05) is 18.4 Å². The highest BCUT2D eigenvalue weighted by molar-refractivity contribution is 7.10. The fraction of sp³-hybridized carbons (Fsp3) is 0.773. The molecule has 1 atom stereocenters. The minimum atomic E-state index is 0.370. The van der Waals surface area contributed by atoms with Crippen LogP contribution < -0.4 is 10.6 Å². The first kappa shape index (κ1) is 21.6. The van der Waals surface area contributed by atoms with Crippen LogP contribution in [0.25, 0.3) is 0 Å². The summed E-state index contributed by atoms with van der Waals surface area (Å²) in [7, 11) is 1.88. The van der Waals surface area contributed by atoms with Gasteiger partial charge in [-0.1, -0.05) is 18.9 Å². The van der Waals surface area contributed by atoms with E-state index in [0.29, 0.717) is 11.5 Å². The smallest absolute Gasteiger partial charge is 0.191 e. The predicted molar refractivity (Wildman–Crippen MR) is 119 cm³/mol. The van der Waals surface area contributed by atoms with Gasteiger partial charge in [0.1, 0.15) is 0 Å². The number of thiophene rings is 1. The monoisotopic (exact) mass is 406 g/mol. The number of hydrogen-bond donors (Lipinski definition) is 2. The SMILES string of the molecule is CCOCCC1(CNC(=NC)NCC(c2cccs2)N2CCCC2)CCCC1. The first-order chi connectivity index (χ1) is 13.8. The van der Waals surface area contributed by atoms with E-state index in [0.717, 1.165) is 38.7 Å². The van der Waals surface area contributed by atoms with E-state index < -0.39 is 0 Å². The Bertz CT molecular complexity index is 577. The summed E-state index contributed by atoms with van der Waals surface area (Å²) >= 11 is 1.87. The van der Waals surface area contributed by atoms with Crippen LogP contribution in [0.5, 0.6) is 0 Å².